The summed E-state index contributed by atoms with van der Waals surface area (Å²) in [5.41, 5.74) is 2.34. The van der Waals surface area contributed by atoms with Crippen molar-refractivity contribution in [3.8, 4) is 10.6 Å². The molecule has 0 spiro atoms. The van der Waals surface area contributed by atoms with Gasteiger partial charge in [0.1, 0.15) is 0 Å². The van der Waals surface area contributed by atoms with Crippen LogP contribution in [0.4, 0.5) is 11.4 Å². The van der Waals surface area contributed by atoms with Crippen LogP contribution in [0.2, 0.25) is 0 Å². The van der Waals surface area contributed by atoms with Gasteiger partial charge in [0.2, 0.25) is 0 Å². The molecule has 1 amide bonds. The standard InChI is InChI=1S/C17H14N2O4S/c1-10-4-6-11(7-5-10)18-16(20)15-12(19-22)9-13(23-17(15)21)14-3-2-8-24-14/h2-9,19,22H,1H3,(H,18,20). The van der Waals surface area contributed by atoms with Gasteiger partial charge in [-0.3, -0.25) is 15.5 Å². The molecule has 6 nitrogen and oxygen atoms in total. The Kier molecular flexibility index (Phi) is 4.45. The average Bonchev–Trinajstić information content (AvgIpc) is 3.10. The summed E-state index contributed by atoms with van der Waals surface area (Å²) in [6.07, 6.45) is 0. The molecule has 0 atom stereocenters. The zero-order valence-corrected chi connectivity index (χ0v) is 13.5. The van der Waals surface area contributed by atoms with Gasteiger partial charge in [0.05, 0.1) is 10.6 Å². The largest absolute Gasteiger partial charge is 0.421 e. The van der Waals surface area contributed by atoms with E-state index in [9.17, 15) is 14.8 Å². The van der Waals surface area contributed by atoms with E-state index in [2.05, 4.69) is 5.32 Å². The summed E-state index contributed by atoms with van der Waals surface area (Å²) in [5, 5.41) is 13.7. The molecule has 0 fully saturated rings. The number of anilines is 2. The first kappa shape index (κ1) is 16.0. The topological polar surface area (TPSA) is 91.6 Å². The van der Waals surface area contributed by atoms with E-state index in [1.165, 1.54) is 17.4 Å². The Morgan fingerprint density at radius 3 is 2.58 bits per heavy atom. The fraction of sp³-hybridized carbons (Fsp3) is 0.0588. The maximum absolute atomic E-state index is 12.4. The van der Waals surface area contributed by atoms with Crippen LogP contribution in [-0.2, 0) is 0 Å². The number of hydrogen-bond acceptors (Lipinski definition) is 6. The molecule has 0 saturated carbocycles. The van der Waals surface area contributed by atoms with Gasteiger partial charge < -0.3 is 9.73 Å². The van der Waals surface area contributed by atoms with Crippen molar-refractivity contribution < 1.29 is 14.4 Å². The number of thiophene rings is 1. The van der Waals surface area contributed by atoms with E-state index in [1.54, 1.807) is 18.2 Å². The van der Waals surface area contributed by atoms with Crippen molar-refractivity contribution in [2.45, 2.75) is 6.92 Å². The second-order valence-corrected chi connectivity index (χ2v) is 6.04. The molecular formula is C17H14N2O4S. The average molecular weight is 342 g/mol. The van der Waals surface area contributed by atoms with Crippen LogP contribution < -0.4 is 16.4 Å². The van der Waals surface area contributed by atoms with Gasteiger partial charge in [0.15, 0.2) is 11.3 Å². The Labute approximate surface area is 141 Å². The fourth-order valence-electron chi connectivity index (χ4n) is 2.17. The van der Waals surface area contributed by atoms with E-state index in [0.717, 1.165) is 5.56 Å². The minimum atomic E-state index is -0.831. The lowest BCUT2D eigenvalue weighted by molar-refractivity contribution is 0.102. The van der Waals surface area contributed by atoms with E-state index in [-0.39, 0.29) is 17.0 Å². The van der Waals surface area contributed by atoms with E-state index in [0.29, 0.717) is 10.6 Å². The van der Waals surface area contributed by atoms with Gasteiger partial charge in [0, 0.05) is 11.8 Å². The highest BCUT2D eigenvalue weighted by atomic mass is 32.1. The van der Waals surface area contributed by atoms with Crippen molar-refractivity contribution >= 4 is 28.6 Å². The Bertz CT molecular complexity index is 915. The molecule has 0 unspecified atom stereocenters. The molecule has 0 saturated heterocycles. The van der Waals surface area contributed by atoms with Gasteiger partial charge >= 0.3 is 5.63 Å². The zero-order chi connectivity index (χ0) is 17.1. The Morgan fingerprint density at radius 2 is 1.96 bits per heavy atom. The number of carbonyl (C=O) groups excluding carboxylic acids is 1. The van der Waals surface area contributed by atoms with Gasteiger partial charge in [0.25, 0.3) is 5.91 Å². The van der Waals surface area contributed by atoms with Crippen molar-refractivity contribution in [2.75, 3.05) is 10.8 Å². The minimum Gasteiger partial charge on any atom is -0.421 e. The predicted octanol–water partition coefficient (Wildman–Crippen LogP) is 3.73. The van der Waals surface area contributed by atoms with Gasteiger partial charge in [-0.15, -0.1) is 11.3 Å². The summed E-state index contributed by atoms with van der Waals surface area (Å²) in [4.78, 5) is 25.3. The van der Waals surface area contributed by atoms with Crippen molar-refractivity contribution in [3.05, 3.63) is 69.4 Å². The van der Waals surface area contributed by atoms with E-state index in [1.807, 2.05) is 36.0 Å². The third-order valence-electron chi connectivity index (χ3n) is 3.37. The smallest absolute Gasteiger partial charge is 0.351 e. The lowest BCUT2D eigenvalue weighted by Crippen LogP contribution is -2.23. The summed E-state index contributed by atoms with van der Waals surface area (Å²) in [6, 6.07) is 12.1. The van der Waals surface area contributed by atoms with E-state index in [4.69, 9.17) is 4.42 Å². The summed E-state index contributed by atoms with van der Waals surface area (Å²) >= 11 is 1.38. The predicted molar refractivity (Wildman–Crippen MR) is 92.8 cm³/mol. The first-order valence-corrected chi connectivity index (χ1v) is 7.96. The molecule has 1 aromatic carbocycles. The van der Waals surface area contributed by atoms with E-state index >= 15 is 0 Å². The van der Waals surface area contributed by atoms with Crippen LogP contribution in [0, 0.1) is 6.92 Å². The Balaban J connectivity index is 1.96. The van der Waals surface area contributed by atoms with Gasteiger partial charge in [-0.05, 0) is 30.5 Å². The second-order valence-electron chi connectivity index (χ2n) is 5.10. The first-order valence-electron chi connectivity index (χ1n) is 7.08. The van der Waals surface area contributed by atoms with Crippen LogP contribution >= 0.6 is 11.3 Å². The van der Waals surface area contributed by atoms with Crippen molar-refractivity contribution in [3.63, 3.8) is 0 Å². The van der Waals surface area contributed by atoms with Crippen LogP contribution in [0.25, 0.3) is 10.6 Å². The quantitative estimate of drug-likeness (QED) is 0.628. The van der Waals surface area contributed by atoms with Gasteiger partial charge in [-0.25, -0.2) is 4.79 Å². The molecule has 0 aliphatic heterocycles. The number of carbonyl (C=O) groups is 1. The summed E-state index contributed by atoms with van der Waals surface area (Å²) in [7, 11) is 0. The van der Waals surface area contributed by atoms with Crippen LogP contribution in [-0.4, -0.2) is 11.1 Å². The highest BCUT2D eigenvalue weighted by Crippen LogP contribution is 2.27. The van der Waals surface area contributed by atoms with Gasteiger partial charge in [-0.2, -0.15) is 0 Å². The molecule has 2 aromatic heterocycles. The molecule has 2 heterocycles. The summed E-state index contributed by atoms with van der Waals surface area (Å²) in [5.74, 6) is -0.389. The number of aryl methyl sites for hydroxylation is 1. The molecule has 0 radical (unpaired) electrons. The third-order valence-corrected chi connectivity index (χ3v) is 4.26. The second kappa shape index (κ2) is 6.69. The van der Waals surface area contributed by atoms with Crippen molar-refractivity contribution in [2.24, 2.45) is 0 Å². The molecule has 3 aromatic rings. The van der Waals surface area contributed by atoms with Crippen LogP contribution in [0.1, 0.15) is 15.9 Å². The molecule has 0 aliphatic carbocycles. The number of benzene rings is 1. The lowest BCUT2D eigenvalue weighted by Gasteiger charge is -2.09. The Hall–Kier alpha value is -2.90. The van der Waals surface area contributed by atoms with Crippen LogP contribution in [0.15, 0.2) is 57.1 Å². The molecule has 0 aliphatic rings. The molecule has 3 rings (SSSR count). The molecule has 7 heteroatoms. The van der Waals surface area contributed by atoms with Crippen molar-refractivity contribution in [1.29, 1.82) is 0 Å². The molecule has 122 valence electrons. The maximum Gasteiger partial charge on any atom is 0.351 e. The SMILES string of the molecule is Cc1ccc(NC(=O)c2c(NO)cc(-c3cccs3)oc2=O)cc1. The Morgan fingerprint density at radius 1 is 1.21 bits per heavy atom. The van der Waals surface area contributed by atoms with Gasteiger partial charge in [-0.1, -0.05) is 23.8 Å². The fourth-order valence-corrected chi connectivity index (χ4v) is 2.85. The molecule has 3 N–H and O–H groups in total. The number of hydrogen-bond donors (Lipinski definition) is 3. The normalized spacial score (nSPS) is 10.4. The lowest BCUT2D eigenvalue weighted by atomic mass is 10.2. The first-order chi connectivity index (χ1) is 11.6. The molecular weight excluding hydrogens is 328 g/mol. The summed E-state index contributed by atoms with van der Waals surface area (Å²) in [6.45, 7) is 1.93. The highest BCUT2D eigenvalue weighted by Gasteiger charge is 2.20. The van der Waals surface area contributed by atoms with E-state index < -0.39 is 11.5 Å². The minimum absolute atomic E-state index is 0.0146. The maximum atomic E-state index is 12.4. The highest BCUT2D eigenvalue weighted by molar-refractivity contribution is 7.13. The van der Waals surface area contributed by atoms with Crippen LogP contribution in [0.3, 0.4) is 0 Å². The molecule has 24 heavy (non-hydrogen) atoms. The zero-order valence-electron chi connectivity index (χ0n) is 12.7. The number of amides is 1. The monoisotopic (exact) mass is 342 g/mol. The number of nitrogens with one attached hydrogen (secondary N) is 2. The number of rotatable bonds is 4. The summed E-state index contributed by atoms with van der Waals surface area (Å²) < 4.78 is 5.22. The third kappa shape index (κ3) is 3.22. The van der Waals surface area contributed by atoms with Crippen LogP contribution in [0.5, 0.6) is 0 Å². The molecule has 0 bridgehead atoms. The van der Waals surface area contributed by atoms with Crippen molar-refractivity contribution in [1.82, 2.24) is 0 Å².